The quantitative estimate of drug-likeness (QED) is 0.814. The molecule has 0 amide bonds. The summed E-state index contributed by atoms with van der Waals surface area (Å²) in [5.74, 6) is 0. The summed E-state index contributed by atoms with van der Waals surface area (Å²) in [5.41, 5.74) is 5.28. The molecule has 0 radical (unpaired) electrons. The molecular weight excluding hydrogens is 252 g/mol. The van der Waals surface area contributed by atoms with Gasteiger partial charge in [0, 0.05) is 18.6 Å². The average molecular weight is 272 g/mol. The Kier molecular flexibility index (Phi) is 3.74. The largest absolute Gasteiger partial charge is 0.329 e. The van der Waals surface area contributed by atoms with Crippen LogP contribution in [0.3, 0.4) is 0 Å². The van der Waals surface area contributed by atoms with E-state index in [2.05, 4.69) is 9.82 Å². The minimum atomic E-state index is -3.54. The van der Waals surface area contributed by atoms with Crippen LogP contribution in [0.1, 0.15) is 32.6 Å². The van der Waals surface area contributed by atoms with Crippen LogP contribution >= 0.6 is 0 Å². The lowest BCUT2D eigenvalue weighted by Gasteiger charge is -2.28. The van der Waals surface area contributed by atoms with Crippen molar-refractivity contribution in [2.24, 2.45) is 5.73 Å². The van der Waals surface area contributed by atoms with Crippen molar-refractivity contribution < 1.29 is 8.42 Å². The van der Waals surface area contributed by atoms with E-state index in [9.17, 15) is 8.42 Å². The smallest absolute Gasteiger partial charge is 0.258 e. The van der Waals surface area contributed by atoms with E-state index in [1.165, 1.54) is 16.9 Å². The zero-order valence-corrected chi connectivity index (χ0v) is 11.4. The third-order valence-corrected chi connectivity index (χ3v) is 5.15. The van der Waals surface area contributed by atoms with E-state index < -0.39 is 15.6 Å². The van der Waals surface area contributed by atoms with Gasteiger partial charge in [-0.25, -0.2) is 13.1 Å². The van der Waals surface area contributed by atoms with Crippen LogP contribution in [-0.2, 0) is 16.6 Å². The molecule has 1 saturated carbocycles. The van der Waals surface area contributed by atoms with Gasteiger partial charge in [0.05, 0.1) is 6.20 Å². The van der Waals surface area contributed by atoms with Gasteiger partial charge in [-0.15, -0.1) is 0 Å². The number of hydrogen-bond acceptors (Lipinski definition) is 4. The summed E-state index contributed by atoms with van der Waals surface area (Å²) >= 11 is 0. The molecule has 1 aliphatic rings. The second-order valence-corrected chi connectivity index (χ2v) is 6.41. The number of hydrogen-bond donors (Lipinski definition) is 2. The zero-order chi connectivity index (χ0) is 13.2. The monoisotopic (exact) mass is 272 g/mol. The van der Waals surface area contributed by atoms with Gasteiger partial charge in [-0.05, 0) is 25.8 Å². The summed E-state index contributed by atoms with van der Waals surface area (Å²) in [5, 5.41) is 4.20. The van der Waals surface area contributed by atoms with Crippen LogP contribution < -0.4 is 10.5 Å². The molecule has 1 aromatic heterocycles. The third kappa shape index (κ3) is 2.43. The van der Waals surface area contributed by atoms with E-state index in [4.69, 9.17) is 5.73 Å². The van der Waals surface area contributed by atoms with Gasteiger partial charge in [-0.2, -0.15) is 5.10 Å². The van der Waals surface area contributed by atoms with E-state index in [1.54, 1.807) is 0 Å². The highest BCUT2D eigenvalue weighted by Gasteiger charge is 2.37. The Balaban J connectivity index is 2.27. The molecule has 0 aliphatic heterocycles. The fraction of sp³-hybridized carbons (Fsp3) is 0.727. The summed E-state index contributed by atoms with van der Waals surface area (Å²) in [7, 11) is -3.54. The molecule has 0 bridgehead atoms. The van der Waals surface area contributed by atoms with E-state index in [1.807, 2.05) is 6.92 Å². The van der Waals surface area contributed by atoms with Crippen molar-refractivity contribution in [1.29, 1.82) is 0 Å². The fourth-order valence-electron chi connectivity index (χ4n) is 2.52. The second kappa shape index (κ2) is 4.99. The average Bonchev–Trinajstić information content (AvgIpc) is 2.97. The fourth-order valence-corrected chi connectivity index (χ4v) is 4.18. The number of nitrogens with one attached hydrogen (secondary N) is 1. The third-order valence-electron chi connectivity index (χ3n) is 3.55. The Labute approximate surface area is 108 Å². The van der Waals surface area contributed by atoms with Gasteiger partial charge in [0.2, 0.25) is 0 Å². The molecule has 1 aliphatic carbocycles. The Morgan fingerprint density at radius 3 is 2.72 bits per heavy atom. The molecule has 1 aromatic rings. The normalized spacial score (nSPS) is 19.2. The SMILES string of the molecule is CCn1nccc1S(=O)(=O)NC1(CN)CCCC1. The molecular formula is C11H20N4O2S. The van der Waals surface area contributed by atoms with Crippen molar-refractivity contribution in [3.63, 3.8) is 0 Å². The topological polar surface area (TPSA) is 90.0 Å². The summed E-state index contributed by atoms with van der Waals surface area (Å²) in [6.07, 6.45) is 5.16. The van der Waals surface area contributed by atoms with Gasteiger partial charge in [0.15, 0.2) is 5.03 Å². The predicted molar refractivity (Wildman–Crippen MR) is 68.5 cm³/mol. The maximum Gasteiger partial charge on any atom is 0.258 e. The van der Waals surface area contributed by atoms with Crippen molar-refractivity contribution in [2.75, 3.05) is 6.54 Å². The standard InChI is InChI=1S/C11H20N4O2S/c1-2-15-10(5-8-13-15)18(16,17)14-11(9-12)6-3-4-7-11/h5,8,14H,2-4,6-7,9,12H2,1H3. The van der Waals surface area contributed by atoms with Crippen LogP contribution in [-0.4, -0.2) is 30.3 Å². The molecule has 0 spiro atoms. The van der Waals surface area contributed by atoms with Crippen molar-refractivity contribution in [3.8, 4) is 0 Å². The highest BCUT2D eigenvalue weighted by Crippen LogP contribution is 2.30. The molecule has 3 N–H and O–H groups in total. The molecule has 6 nitrogen and oxygen atoms in total. The molecule has 2 rings (SSSR count). The zero-order valence-electron chi connectivity index (χ0n) is 10.6. The number of nitrogens with two attached hydrogens (primary N) is 1. The van der Waals surface area contributed by atoms with Crippen molar-refractivity contribution in [3.05, 3.63) is 12.3 Å². The summed E-state index contributed by atoms with van der Waals surface area (Å²) < 4.78 is 29.0. The Hall–Kier alpha value is -0.920. The number of aromatic nitrogens is 2. The molecule has 0 atom stereocenters. The van der Waals surface area contributed by atoms with Gasteiger partial charge < -0.3 is 5.73 Å². The van der Waals surface area contributed by atoms with Crippen molar-refractivity contribution in [2.45, 2.75) is 49.7 Å². The first-order chi connectivity index (χ1) is 8.53. The molecule has 0 aromatic carbocycles. The second-order valence-electron chi connectivity index (χ2n) is 4.78. The Morgan fingerprint density at radius 2 is 2.17 bits per heavy atom. The van der Waals surface area contributed by atoms with Gasteiger partial charge >= 0.3 is 0 Å². The molecule has 1 fully saturated rings. The molecule has 18 heavy (non-hydrogen) atoms. The number of sulfonamides is 1. The van der Waals surface area contributed by atoms with Gasteiger partial charge in [0.1, 0.15) is 0 Å². The highest BCUT2D eigenvalue weighted by atomic mass is 32.2. The van der Waals surface area contributed by atoms with Crippen molar-refractivity contribution >= 4 is 10.0 Å². The lowest BCUT2D eigenvalue weighted by Crippen LogP contribution is -2.51. The molecule has 1 heterocycles. The summed E-state index contributed by atoms with van der Waals surface area (Å²) in [4.78, 5) is 0. The molecule has 0 saturated heterocycles. The first kappa shape index (κ1) is 13.5. The van der Waals surface area contributed by atoms with Crippen LogP contribution in [0.4, 0.5) is 0 Å². The van der Waals surface area contributed by atoms with E-state index >= 15 is 0 Å². The Bertz CT molecular complexity index is 503. The minimum Gasteiger partial charge on any atom is -0.329 e. The minimum absolute atomic E-state index is 0.213. The predicted octanol–water partition coefficient (Wildman–Crippen LogP) is 0.453. The van der Waals surface area contributed by atoms with Crippen LogP contribution in [0, 0.1) is 0 Å². The first-order valence-electron chi connectivity index (χ1n) is 6.29. The maximum absolute atomic E-state index is 12.4. The van der Waals surface area contributed by atoms with Crippen LogP contribution in [0.25, 0.3) is 0 Å². The molecule has 0 unspecified atom stereocenters. The van der Waals surface area contributed by atoms with Crippen LogP contribution in [0.2, 0.25) is 0 Å². The van der Waals surface area contributed by atoms with Gasteiger partial charge in [0.25, 0.3) is 10.0 Å². The summed E-state index contributed by atoms with van der Waals surface area (Å²) in [6.45, 7) is 2.73. The number of rotatable bonds is 5. The summed E-state index contributed by atoms with van der Waals surface area (Å²) in [6, 6.07) is 1.52. The lowest BCUT2D eigenvalue weighted by molar-refractivity contribution is 0.396. The first-order valence-corrected chi connectivity index (χ1v) is 7.77. The van der Waals surface area contributed by atoms with E-state index in [0.29, 0.717) is 13.1 Å². The Morgan fingerprint density at radius 1 is 1.50 bits per heavy atom. The molecule has 7 heteroatoms. The lowest BCUT2D eigenvalue weighted by atomic mass is 10.0. The maximum atomic E-state index is 12.4. The van der Waals surface area contributed by atoms with E-state index in [-0.39, 0.29) is 5.03 Å². The highest BCUT2D eigenvalue weighted by molar-refractivity contribution is 7.89. The van der Waals surface area contributed by atoms with Crippen LogP contribution in [0.15, 0.2) is 17.3 Å². The molecule has 102 valence electrons. The van der Waals surface area contributed by atoms with Gasteiger partial charge in [-0.3, -0.25) is 4.68 Å². The van der Waals surface area contributed by atoms with Crippen molar-refractivity contribution in [1.82, 2.24) is 14.5 Å². The van der Waals surface area contributed by atoms with E-state index in [0.717, 1.165) is 25.7 Å². The number of nitrogens with zero attached hydrogens (tertiary/aromatic N) is 2. The van der Waals surface area contributed by atoms with Crippen LogP contribution in [0.5, 0.6) is 0 Å². The number of aryl methyl sites for hydroxylation is 1. The van der Waals surface area contributed by atoms with Gasteiger partial charge in [-0.1, -0.05) is 12.8 Å².